The Morgan fingerprint density at radius 2 is 0.881 bits per heavy atom. The van der Waals surface area contributed by atoms with Gasteiger partial charge in [0.25, 0.3) is 0 Å². The first kappa shape index (κ1) is 97.7. The Hall–Kier alpha value is -11.8. The van der Waals surface area contributed by atoms with E-state index in [1.165, 1.54) is 12.1 Å². The molecule has 8 aromatic carbocycles. The van der Waals surface area contributed by atoms with E-state index in [9.17, 15) is 19.1 Å². The van der Waals surface area contributed by atoms with Crippen LogP contribution in [0.25, 0.3) is 101 Å². The van der Waals surface area contributed by atoms with E-state index in [0.717, 1.165) is 190 Å². The summed E-state index contributed by atoms with van der Waals surface area (Å²) in [5.41, 5.74) is 20.4. The number of carbonyl (C=O) groups excluding carboxylic acids is 2. The lowest BCUT2D eigenvalue weighted by molar-refractivity contribution is 0.0813. The maximum absolute atomic E-state index is 15.7. The zero-order chi connectivity index (χ0) is 95.8. The third-order valence-corrected chi connectivity index (χ3v) is 31.6. The maximum atomic E-state index is 15.7. The van der Waals surface area contributed by atoms with Gasteiger partial charge in [-0.2, -0.15) is 15.3 Å². The van der Waals surface area contributed by atoms with Crippen molar-refractivity contribution < 1.29 is 56.3 Å². The van der Waals surface area contributed by atoms with Gasteiger partial charge in [0.05, 0.1) is 76.9 Å². The maximum Gasteiger partial charge on any atom is 0.317 e. The number of aromatic amines is 2. The lowest BCUT2D eigenvalue weighted by Gasteiger charge is -2.18. The lowest BCUT2D eigenvalue weighted by Crippen LogP contribution is -2.34. The quantitative estimate of drug-likeness (QED) is 0.0159. The van der Waals surface area contributed by atoms with Crippen LogP contribution in [0.2, 0.25) is 103 Å². The van der Waals surface area contributed by atoms with Crippen LogP contribution in [0.4, 0.5) is 22.8 Å². The number of amides is 4. The molecule has 6 aromatic heterocycles. The molecule has 0 spiro atoms. The Morgan fingerprint density at radius 3 is 1.35 bits per heavy atom. The molecule has 0 fully saturated rings. The topological polar surface area (TPSA) is 281 Å². The number of hydrogen-bond acceptors (Lipinski definition) is 16. The number of fused-ring (bicyclic) bond motifs is 6. The van der Waals surface area contributed by atoms with Crippen molar-refractivity contribution in [1.82, 2.24) is 84.6 Å². The molecule has 0 unspecified atom stereocenters. The van der Waals surface area contributed by atoms with Gasteiger partial charge in [-0.15, -0.1) is 0 Å². The van der Waals surface area contributed by atoms with Gasteiger partial charge in [0, 0.05) is 102 Å². The van der Waals surface area contributed by atoms with Gasteiger partial charge < -0.3 is 73.4 Å². The predicted molar refractivity (Wildman–Crippen MR) is 537 cm³/mol. The Kier molecular flexibility index (Phi) is 30.6. The average molecular weight is 1910 g/mol. The largest absolute Gasteiger partial charge is 0.505 e. The number of imidazole rings is 3. The summed E-state index contributed by atoms with van der Waals surface area (Å²) in [7, 11) is -1.85. The van der Waals surface area contributed by atoms with Crippen LogP contribution in [-0.2, 0) is 118 Å². The number of aryl methyl sites for hydroxylation is 3. The standard InChI is InChI=1S/C41H55FN6O4Si2.C39H52FN5O3Si2.C22H21FN6O2/c1-9-30-22-38(52-26-29-13-11-10-12-14-29)34(42)23-33(30)31-15-16-32-36(21-31)48(28-51-18-20-54(6,7)8)45-39(32)40-44-35-24-46(41(49)43-2)25-37(35)47(40)27-50-17-19-53(3,4)5;1-8-29-21-37(48-25-28-12-10-9-11-13-28)33(40)22-32(29)30-14-15-31-35(20-30)45(27-47-17-19-50(5,6)7)43-38(31)39-42-34-23-41-24-36(34)44(39)26-46-16-18-49(2,3)4;1-3-11-7-19(30)15(23)8-14(11)12-4-5-13-16(6-12)27-28-20(13)21-25-17-9-29(22(31)24-2)10-18(17)26-21/h10-16,21-23H,9,17-20,24-28H2,1-8H3,(H,43,49);9-15,20-22,41H,8,16-19,23-27H2,1-7H3;4-8,30H,3,9-10H2,1-2H3,(H,24,31)(H,25,26)(H,27,28). The summed E-state index contributed by atoms with van der Waals surface area (Å²) < 4.78 is 90.3. The van der Waals surface area contributed by atoms with Crippen LogP contribution in [0.3, 0.4) is 0 Å². The molecule has 0 saturated carbocycles. The van der Waals surface area contributed by atoms with Crippen LogP contribution < -0.4 is 25.4 Å². The number of H-pyrrole nitrogens is 2. The smallest absolute Gasteiger partial charge is 0.317 e. The van der Waals surface area contributed by atoms with Gasteiger partial charge in [0.15, 0.2) is 52.2 Å². The van der Waals surface area contributed by atoms with Crippen LogP contribution >= 0.6 is 0 Å². The summed E-state index contributed by atoms with van der Waals surface area (Å²) in [5.74, 6) is 0.887. The summed E-state index contributed by atoms with van der Waals surface area (Å²) >= 11 is 0. The molecule has 17 rings (SSSR count). The van der Waals surface area contributed by atoms with Crippen molar-refractivity contribution in [1.29, 1.82) is 0 Å². The third kappa shape index (κ3) is 23.5. The fourth-order valence-corrected chi connectivity index (χ4v) is 19.8. The minimum Gasteiger partial charge on any atom is -0.505 e. The molecular formula is C102H128F3N17O9Si4. The second kappa shape index (κ2) is 42.2. The summed E-state index contributed by atoms with van der Waals surface area (Å²) in [5, 5.41) is 39.0. The van der Waals surface area contributed by atoms with Crippen molar-refractivity contribution in [3.63, 3.8) is 0 Å². The number of hydrogen-bond donors (Lipinski definition) is 6. The molecule has 4 amide bonds. The zero-order valence-corrected chi connectivity index (χ0v) is 84.9. The zero-order valence-electron chi connectivity index (χ0n) is 80.9. The summed E-state index contributed by atoms with van der Waals surface area (Å²) in [6, 6.07) is 51.5. The SMILES string of the molecule is CCc1cc(O)c(F)cc1-c1ccc2c(-c3nc4c([nH]3)CN(C(=O)NC)C4)n[nH]c2c1.CCc1cc(OCc2ccccc2)c(F)cc1-c1ccc2c(-c3nc4c(n3COCC[Si](C)(C)C)CN(C(=O)NC)C4)nn(COCC[Si](C)(C)C)c2c1.CCc1cc(OCc2ccccc2)c(F)cc1-c1ccc2c(-c3nc4c(n3COCC[Si](C)(C)C)CNC4)nn(COCC[Si](C)(C)C)c2c1. The molecule has 14 aromatic rings. The van der Waals surface area contributed by atoms with E-state index in [2.05, 4.69) is 168 Å². The van der Waals surface area contributed by atoms with Crippen molar-refractivity contribution in [3.05, 3.63) is 231 Å². The van der Waals surface area contributed by atoms with E-state index in [1.807, 2.05) is 113 Å². The molecule has 3 aliphatic rings. The van der Waals surface area contributed by atoms with Gasteiger partial charge in [-0.05, 0) is 177 Å². The number of nitrogens with zero attached hydrogens (tertiary/aromatic N) is 12. The molecule has 9 heterocycles. The Bertz CT molecular complexity index is 6540. The van der Waals surface area contributed by atoms with Crippen LogP contribution in [0, 0.1) is 17.5 Å². The normalized spacial score (nSPS) is 13.2. The molecule has 0 saturated heterocycles. The van der Waals surface area contributed by atoms with Gasteiger partial charge in [-0.25, -0.2) is 47.1 Å². The number of phenols is 1. The molecule has 0 radical (unpaired) electrons. The van der Waals surface area contributed by atoms with Crippen LogP contribution in [0.5, 0.6) is 17.2 Å². The van der Waals surface area contributed by atoms with Gasteiger partial charge in [0.1, 0.15) is 57.2 Å². The van der Waals surface area contributed by atoms with E-state index in [4.69, 9.17) is 48.6 Å². The molecule has 712 valence electrons. The van der Waals surface area contributed by atoms with E-state index >= 15 is 8.78 Å². The Morgan fingerprint density at radius 1 is 0.452 bits per heavy atom. The van der Waals surface area contributed by atoms with Crippen molar-refractivity contribution in [3.8, 4) is 85.2 Å². The van der Waals surface area contributed by atoms with Gasteiger partial charge in [0.2, 0.25) is 0 Å². The number of benzene rings is 8. The Balaban J connectivity index is 0.000000159. The number of phenolic OH excluding ortho intramolecular Hbond substituents is 1. The van der Waals surface area contributed by atoms with Crippen LogP contribution in [-0.4, -0.2) is 159 Å². The molecule has 3 aliphatic heterocycles. The fraction of sp³-hybridized carbons (Fsp3) is 0.392. The minimum absolute atomic E-state index is 0.136. The van der Waals surface area contributed by atoms with Crippen molar-refractivity contribution in [2.45, 2.75) is 222 Å². The summed E-state index contributed by atoms with van der Waals surface area (Å²) in [4.78, 5) is 46.0. The second-order valence-corrected chi connectivity index (χ2v) is 62.3. The molecule has 0 atom stereocenters. The number of rotatable bonds is 35. The first-order chi connectivity index (χ1) is 64.6. The summed E-state index contributed by atoms with van der Waals surface area (Å²) in [6.45, 7) is 42.2. The second-order valence-electron chi connectivity index (χ2n) is 39.8. The fourth-order valence-electron chi connectivity index (χ4n) is 16.8. The highest BCUT2D eigenvalue weighted by Gasteiger charge is 2.35. The van der Waals surface area contributed by atoms with Crippen molar-refractivity contribution >= 4 is 77.1 Å². The number of aromatic nitrogens is 12. The monoisotopic (exact) mass is 1900 g/mol. The van der Waals surface area contributed by atoms with Crippen LogP contribution in [0.15, 0.2) is 152 Å². The van der Waals surface area contributed by atoms with E-state index in [0.29, 0.717) is 109 Å². The average Bonchev–Trinajstić information content (AvgIpc) is 1.59. The number of aromatic hydroxyl groups is 1. The van der Waals surface area contributed by atoms with Gasteiger partial charge >= 0.3 is 12.1 Å². The number of halogens is 3. The molecule has 33 heteroatoms. The van der Waals surface area contributed by atoms with Crippen molar-refractivity contribution in [2.75, 3.05) is 40.5 Å². The highest BCUT2D eigenvalue weighted by Crippen LogP contribution is 2.42. The van der Waals surface area contributed by atoms with E-state index in [-0.39, 0.29) is 48.5 Å². The Labute approximate surface area is 792 Å². The van der Waals surface area contributed by atoms with Crippen LogP contribution in [0.1, 0.15) is 82.8 Å². The van der Waals surface area contributed by atoms with E-state index < -0.39 is 43.9 Å². The number of nitrogens with one attached hydrogen (secondary N) is 5. The minimum atomic E-state index is -1.31. The van der Waals surface area contributed by atoms with Crippen molar-refractivity contribution in [2.24, 2.45) is 0 Å². The molecule has 6 N–H and O–H groups in total. The molecular weight excluding hydrogens is 1780 g/mol. The highest BCUT2D eigenvalue weighted by molar-refractivity contribution is 6.77. The highest BCUT2D eigenvalue weighted by atomic mass is 28.3. The third-order valence-electron chi connectivity index (χ3n) is 24.7. The molecule has 0 bridgehead atoms. The first-order valence-corrected chi connectivity index (χ1v) is 61.7. The lowest BCUT2D eigenvalue weighted by atomic mass is 9.96. The van der Waals surface area contributed by atoms with E-state index in [1.54, 1.807) is 36.0 Å². The molecule has 135 heavy (non-hydrogen) atoms. The van der Waals surface area contributed by atoms with Gasteiger partial charge in [-0.3, -0.25) is 5.10 Å². The number of carbonyl (C=O) groups is 2. The predicted octanol–water partition coefficient (Wildman–Crippen LogP) is 21.9. The van der Waals surface area contributed by atoms with Gasteiger partial charge in [-0.1, -0.05) is 178 Å². The first-order valence-electron chi connectivity index (χ1n) is 46.8. The molecule has 26 nitrogen and oxygen atoms in total. The summed E-state index contributed by atoms with van der Waals surface area (Å²) in [6.07, 6.45) is 2.10. The number of ether oxygens (including phenoxy) is 6. The number of urea groups is 2. The molecule has 0 aliphatic carbocycles.